The number of nitrogens with zero attached hydrogens (tertiary/aromatic N) is 6. The van der Waals surface area contributed by atoms with Gasteiger partial charge < -0.3 is 14.9 Å². The number of amides is 1. The molecule has 0 spiro atoms. The average Bonchev–Trinajstić information content (AvgIpc) is 3.44. The maximum atomic E-state index is 13.3. The van der Waals surface area contributed by atoms with E-state index in [1.807, 2.05) is 12.1 Å². The van der Waals surface area contributed by atoms with Crippen molar-refractivity contribution in [3.63, 3.8) is 0 Å². The maximum Gasteiger partial charge on any atom is 0.264 e. The zero-order chi connectivity index (χ0) is 29.3. The highest BCUT2D eigenvalue weighted by molar-refractivity contribution is 5.94. The third-order valence-corrected chi connectivity index (χ3v) is 8.96. The molecule has 1 amide bonds. The number of piperidine rings is 2. The first-order chi connectivity index (χ1) is 20.3. The van der Waals surface area contributed by atoms with Crippen LogP contribution in [0, 0.1) is 5.82 Å². The highest BCUT2D eigenvalue weighted by Crippen LogP contribution is 2.26. The average molecular weight is 573 g/mol. The molecule has 0 saturated carbocycles. The lowest BCUT2D eigenvalue weighted by Crippen LogP contribution is -2.49. The van der Waals surface area contributed by atoms with E-state index in [4.69, 9.17) is 0 Å². The molecule has 4 heterocycles. The fraction of sp³-hybridized carbons (Fsp3) is 0.438. The van der Waals surface area contributed by atoms with Crippen LogP contribution in [0.15, 0.2) is 65.8 Å². The van der Waals surface area contributed by atoms with Crippen molar-refractivity contribution >= 4 is 16.9 Å². The fourth-order valence-electron chi connectivity index (χ4n) is 6.27. The fourth-order valence-corrected chi connectivity index (χ4v) is 6.27. The normalized spacial score (nSPS) is 19.3. The van der Waals surface area contributed by atoms with Crippen molar-refractivity contribution in [2.24, 2.45) is 0 Å². The molecule has 220 valence electrons. The second kappa shape index (κ2) is 11.8. The van der Waals surface area contributed by atoms with Crippen molar-refractivity contribution in [1.82, 2.24) is 29.1 Å². The van der Waals surface area contributed by atoms with Crippen molar-refractivity contribution < 1.29 is 14.3 Å². The Kier molecular flexibility index (Phi) is 7.92. The number of carbonyl (C=O) groups excluding carboxylic acids is 1. The molecular formula is C32H37FN6O3. The highest BCUT2D eigenvalue weighted by atomic mass is 19.1. The quantitative estimate of drug-likeness (QED) is 0.362. The summed E-state index contributed by atoms with van der Waals surface area (Å²) in [6.45, 7) is 1.93. The summed E-state index contributed by atoms with van der Waals surface area (Å²) in [4.78, 5) is 34.8. The summed E-state index contributed by atoms with van der Waals surface area (Å²) in [5.74, 6) is -0.595. The first-order valence-electron chi connectivity index (χ1n) is 14.8. The molecular weight excluding hydrogens is 535 g/mol. The van der Waals surface area contributed by atoms with E-state index in [0.29, 0.717) is 48.6 Å². The molecule has 2 aliphatic rings. The van der Waals surface area contributed by atoms with E-state index < -0.39 is 11.4 Å². The lowest BCUT2D eigenvalue weighted by molar-refractivity contribution is -0.0299. The molecule has 2 aliphatic heterocycles. The molecule has 2 aromatic heterocycles. The Labute approximate surface area is 244 Å². The largest absolute Gasteiger partial charge is 0.388 e. The summed E-state index contributed by atoms with van der Waals surface area (Å²) < 4.78 is 16.3. The number of hydrogen-bond donors (Lipinski definition) is 1. The SMILES string of the molecule is CN1CCCCC1CCc1ccc(-n2ncc3c(=O)n(CC4(O)CCN(C(=O)c5ccc(F)cc5)CC4)cnc32)cc1. The molecule has 1 atom stereocenters. The highest BCUT2D eigenvalue weighted by Gasteiger charge is 2.35. The molecule has 9 nitrogen and oxygen atoms in total. The van der Waals surface area contributed by atoms with Gasteiger partial charge in [-0.3, -0.25) is 14.2 Å². The molecule has 0 aliphatic carbocycles. The van der Waals surface area contributed by atoms with E-state index in [0.717, 1.165) is 18.5 Å². The van der Waals surface area contributed by atoms with Crippen LogP contribution in [0.1, 0.15) is 54.4 Å². The third-order valence-electron chi connectivity index (χ3n) is 8.96. The van der Waals surface area contributed by atoms with E-state index >= 15 is 0 Å². The summed E-state index contributed by atoms with van der Waals surface area (Å²) in [6.07, 6.45) is 9.67. The predicted octanol–water partition coefficient (Wildman–Crippen LogP) is 3.81. The molecule has 6 rings (SSSR count). The van der Waals surface area contributed by atoms with Gasteiger partial charge in [-0.25, -0.2) is 14.1 Å². The van der Waals surface area contributed by atoms with Gasteiger partial charge in [0.15, 0.2) is 5.65 Å². The first kappa shape index (κ1) is 28.2. The van der Waals surface area contributed by atoms with Crippen LogP contribution >= 0.6 is 0 Å². The monoisotopic (exact) mass is 572 g/mol. The van der Waals surface area contributed by atoms with Crippen LogP contribution < -0.4 is 5.56 Å². The number of aryl methyl sites for hydroxylation is 1. The lowest BCUT2D eigenvalue weighted by atomic mass is 9.91. The van der Waals surface area contributed by atoms with Gasteiger partial charge in [0.25, 0.3) is 11.5 Å². The topological polar surface area (TPSA) is 96.5 Å². The van der Waals surface area contributed by atoms with E-state index in [2.05, 4.69) is 34.2 Å². The second-order valence-electron chi connectivity index (χ2n) is 11.8. The van der Waals surface area contributed by atoms with Gasteiger partial charge in [0.05, 0.1) is 24.0 Å². The maximum absolute atomic E-state index is 13.3. The molecule has 4 aromatic rings. The smallest absolute Gasteiger partial charge is 0.264 e. The van der Waals surface area contributed by atoms with E-state index in [1.165, 1.54) is 72.7 Å². The van der Waals surface area contributed by atoms with Gasteiger partial charge >= 0.3 is 0 Å². The number of carbonyl (C=O) groups is 1. The van der Waals surface area contributed by atoms with Gasteiger partial charge in [-0.05, 0) is 94.1 Å². The van der Waals surface area contributed by atoms with E-state index in [9.17, 15) is 19.1 Å². The molecule has 2 saturated heterocycles. The lowest BCUT2D eigenvalue weighted by Gasteiger charge is -2.38. The number of benzene rings is 2. The number of hydrogen-bond acceptors (Lipinski definition) is 6. The van der Waals surface area contributed by atoms with Crippen molar-refractivity contribution in [2.45, 2.75) is 63.1 Å². The Morgan fingerprint density at radius 1 is 1.05 bits per heavy atom. The van der Waals surface area contributed by atoms with Crippen molar-refractivity contribution in [3.8, 4) is 5.69 Å². The zero-order valence-corrected chi connectivity index (χ0v) is 24.0. The Bertz CT molecular complexity index is 1610. The Hall–Kier alpha value is -3.89. The van der Waals surface area contributed by atoms with Crippen LogP contribution in [0.5, 0.6) is 0 Å². The summed E-state index contributed by atoms with van der Waals surface area (Å²) in [5.41, 5.74) is 1.58. The number of likely N-dealkylation sites (tertiary alicyclic amines) is 2. The minimum absolute atomic E-state index is 0.0728. The van der Waals surface area contributed by atoms with Crippen molar-refractivity contribution in [1.29, 1.82) is 0 Å². The number of aliphatic hydroxyl groups is 1. The minimum Gasteiger partial charge on any atom is -0.388 e. The van der Waals surface area contributed by atoms with E-state index in [-0.39, 0.29) is 18.0 Å². The Balaban J connectivity index is 1.11. The van der Waals surface area contributed by atoms with E-state index in [1.54, 1.807) is 9.58 Å². The summed E-state index contributed by atoms with van der Waals surface area (Å²) in [7, 11) is 2.22. The van der Waals surface area contributed by atoms with Crippen LogP contribution in [-0.4, -0.2) is 78.5 Å². The molecule has 1 unspecified atom stereocenters. The third kappa shape index (κ3) is 5.87. The molecule has 10 heteroatoms. The van der Waals surface area contributed by atoms with Crippen LogP contribution in [0.3, 0.4) is 0 Å². The van der Waals surface area contributed by atoms with Crippen LogP contribution in [-0.2, 0) is 13.0 Å². The van der Waals surface area contributed by atoms with Crippen molar-refractivity contribution in [2.75, 3.05) is 26.7 Å². The first-order valence-corrected chi connectivity index (χ1v) is 14.8. The molecule has 42 heavy (non-hydrogen) atoms. The second-order valence-corrected chi connectivity index (χ2v) is 11.8. The molecule has 0 bridgehead atoms. The summed E-state index contributed by atoms with van der Waals surface area (Å²) in [5, 5.41) is 16.1. The van der Waals surface area contributed by atoms with Crippen LogP contribution in [0.2, 0.25) is 0 Å². The van der Waals surface area contributed by atoms with Gasteiger partial charge in [-0.1, -0.05) is 18.6 Å². The molecule has 1 N–H and O–H groups in total. The van der Waals surface area contributed by atoms with Gasteiger partial charge in [0, 0.05) is 24.7 Å². The summed E-state index contributed by atoms with van der Waals surface area (Å²) >= 11 is 0. The van der Waals surface area contributed by atoms with Gasteiger partial charge in [0.2, 0.25) is 0 Å². The molecule has 2 fully saturated rings. The van der Waals surface area contributed by atoms with Crippen LogP contribution in [0.25, 0.3) is 16.7 Å². The number of rotatable bonds is 7. The summed E-state index contributed by atoms with van der Waals surface area (Å²) in [6, 6.07) is 14.4. The Morgan fingerprint density at radius 2 is 1.79 bits per heavy atom. The number of aromatic nitrogens is 4. The van der Waals surface area contributed by atoms with Gasteiger partial charge in [-0.2, -0.15) is 5.10 Å². The number of halogens is 1. The minimum atomic E-state index is -1.16. The zero-order valence-electron chi connectivity index (χ0n) is 24.0. The van der Waals surface area contributed by atoms with Crippen molar-refractivity contribution in [3.05, 3.63) is 88.4 Å². The molecule has 2 aromatic carbocycles. The van der Waals surface area contributed by atoms with Gasteiger partial charge in [0.1, 0.15) is 17.5 Å². The van der Waals surface area contributed by atoms with Gasteiger partial charge in [-0.15, -0.1) is 0 Å². The predicted molar refractivity (Wildman–Crippen MR) is 158 cm³/mol. The molecule has 0 radical (unpaired) electrons. The Morgan fingerprint density at radius 3 is 2.50 bits per heavy atom. The van der Waals surface area contributed by atoms with Crippen LogP contribution in [0.4, 0.5) is 4.39 Å². The standard InChI is InChI=1S/C32H37FN6O3/c1-36-17-3-2-4-26(36)12-5-23-6-13-27(14-7-23)39-29-28(20-35-39)31(41)38(22-34-29)21-32(42)15-18-37(19-16-32)30(40)24-8-10-25(33)11-9-24/h6-11,13-14,20,22,26,42H,2-5,12,15-19,21H2,1H3. The number of fused-ring (bicyclic) bond motifs is 1.